The predicted octanol–water partition coefficient (Wildman–Crippen LogP) is 1.17. The molecule has 1 aromatic rings. The first-order chi connectivity index (χ1) is 9.06. The monoisotopic (exact) mass is 284 g/mol. The Morgan fingerprint density at radius 3 is 2.53 bits per heavy atom. The number of nitrogens with one attached hydrogen (secondary N) is 2. The van der Waals surface area contributed by atoms with Crippen molar-refractivity contribution >= 4 is 15.7 Å². The van der Waals surface area contributed by atoms with Crippen LogP contribution < -0.4 is 10.0 Å². The maximum absolute atomic E-state index is 11.6. The van der Waals surface area contributed by atoms with Gasteiger partial charge in [-0.05, 0) is 44.2 Å². The van der Waals surface area contributed by atoms with Gasteiger partial charge in [-0.3, -0.25) is 0 Å². The second-order valence-electron chi connectivity index (χ2n) is 4.86. The van der Waals surface area contributed by atoms with Gasteiger partial charge in [0.15, 0.2) is 0 Å². The van der Waals surface area contributed by atoms with Crippen molar-refractivity contribution in [3.63, 3.8) is 0 Å². The first-order valence-electron chi connectivity index (χ1n) is 6.48. The smallest absolute Gasteiger partial charge is 0.240 e. The van der Waals surface area contributed by atoms with Crippen molar-refractivity contribution in [3.8, 4) is 0 Å². The lowest BCUT2D eigenvalue weighted by Gasteiger charge is -2.20. The minimum Gasteiger partial charge on any atom is -0.396 e. The van der Waals surface area contributed by atoms with E-state index in [-0.39, 0.29) is 17.5 Å². The molecule has 5 nitrogen and oxygen atoms in total. The molecule has 1 aliphatic rings. The Kier molecular flexibility index (Phi) is 4.44. The van der Waals surface area contributed by atoms with Crippen molar-refractivity contribution in [1.29, 1.82) is 0 Å². The van der Waals surface area contributed by atoms with Gasteiger partial charge < -0.3 is 10.4 Å². The largest absolute Gasteiger partial charge is 0.396 e. The lowest BCUT2D eigenvalue weighted by molar-refractivity contribution is 0.222. The molecule has 2 unspecified atom stereocenters. The average Bonchev–Trinajstić information content (AvgIpc) is 2.86. The summed E-state index contributed by atoms with van der Waals surface area (Å²) < 4.78 is 25.5. The van der Waals surface area contributed by atoms with Crippen molar-refractivity contribution in [3.05, 3.63) is 24.3 Å². The summed E-state index contributed by atoms with van der Waals surface area (Å²) >= 11 is 0. The van der Waals surface area contributed by atoms with Crippen LogP contribution in [0.1, 0.15) is 19.3 Å². The van der Waals surface area contributed by atoms with Crippen LogP contribution in [0.5, 0.6) is 0 Å². The van der Waals surface area contributed by atoms with Gasteiger partial charge in [0.05, 0.1) is 4.90 Å². The summed E-state index contributed by atoms with van der Waals surface area (Å²) in [4.78, 5) is 0.255. The Balaban J connectivity index is 2.07. The maximum atomic E-state index is 11.6. The Labute approximate surface area is 114 Å². The van der Waals surface area contributed by atoms with Crippen molar-refractivity contribution in [2.24, 2.45) is 5.92 Å². The standard InChI is InChI=1S/C13H20N2O3S/c1-14-19(17,18)12-7-5-11(6-8-12)15-13-4-2-3-10(13)9-16/h5-8,10,13-16H,2-4,9H2,1H3. The van der Waals surface area contributed by atoms with Crippen LogP contribution in [0.2, 0.25) is 0 Å². The molecule has 0 heterocycles. The van der Waals surface area contributed by atoms with E-state index in [4.69, 9.17) is 0 Å². The van der Waals surface area contributed by atoms with Crippen molar-refractivity contribution in [2.45, 2.75) is 30.2 Å². The number of benzene rings is 1. The van der Waals surface area contributed by atoms with Crippen LogP contribution in [0.15, 0.2) is 29.2 Å². The van der Waals surface area contributed by atoms with Gasteiger partial charge in [0.2, 0.25) is 10.0 Å². The van der Waals surface area contributed by atoms with Gasteiger partial charge >= 0.3 is 0 Å². The first kappa shape index (κ1) is 14.3. The Morgan fingerprint density at radius 2 is 1.95 bits per heavy atom. The van der Waals surface area contributed by atoms with Crippen LogP contribution in [0.3, 0.4) is 0 Å². The first-order valence-corrected chi connectivity index (χ1v) is 7.96. The molecule has 1 saturated carbocycles. The van der Waals surface area contributed by atoms with Crippen LogP contribution >= 0.6 is 0 Å². The molecule has 106 valence electrons. The summed E-state index contributed by atoms with van der Waals surface area (Å²) in [5.74, 6) is 0.292. The summed E-state index contributed by atoms with van der Waals surface area (Å²) in [7, 11) is -1.98. The lowest BCUT2D eigenvalue weighted by atomic mass is 10.0. The van der Waals surface area contributed by atoms with Gasteiger partial charge in [0, 0.05) is 24.3 Å². The normalized spacial score (nSPS) is 23.5. The molecule has 19 heavy (non-hydrogen) atoms. The molecule has 3 N–H and O–H groups in total. The third-order valence-corrected chi connectivity index (χ3v) is 5.11. The van der Waals surface area contributed by atoms with Crippen molar-refractivity contribution in [1.82, 2.24) is 4.72 Å². The number of aliphatic hydroxyl groups is 1. The second-order valence-corrected chi connectivity index (χ2v) is 6.74. The zero-order chi connectivity index (χ0) is 13.9. The van der Waals surface area contributed by atoms with Crippen LogP contribution in [0, 0.1) is 5.92 Å². The highest BCUT2D eigenvalue weighted by atomic mass is 32.2. The van der Waals surface area contributed by atoms with Crippen LogP contribution in [-0.4, -0.2) is 33.2 Å². The molecule has 1 aromatic carbocycles. The van der Waals surface area contributed by atoms with E-state index in [2.05, 4.69) is 10.0 Å². The molecule has 2 atom stereocenters. The highest BCUT2D eigenvalue weighted by Crippen LogP contribution is 2.28. The van der Waals surface area contributed by atoms with Crippen molar-refractivity contribution in [2.75, 3.05) is 19.0 Å². The van der Waals surface area contributed by atoms with Gasteiger partial charge in [-0.1, -0.05) is 6.42 Å². The second kappa shape index (κ2) is 5.90. The quantitative estimate of drug-likeness (QED) is 0.758. The molecule has 0 saturated heterocycles. The SMILES string of the molecule is CNS(=O)(=O)c1ccc(NC2CCCC2CO)cc1. The molecule has 0 amide bonds. The van der Waals surface area contributed by atoms with E-state index in [1.165, 1.54) is 7.05 Å². The lowest BCUT2D eigenvalue weighted by Crippen LogP contribution is -2.26. The number of hydrogen-bond acceptors (Lipinski definition) is 4. The van der Waals surface area contributed by atoms with E-state index in [1.807, 2.05) is 0 Å². The average molecular weight is 284 g/mol. The van der Waals surface area contributed by atoms with Gasteiger partial charge in [0.1, 0.15) is 0 Å². The predicted molar refractivity (Wildman–Crippen MR) is 74.5 cm³/mol. The molecule has 0 aromatic heterocycles. The Morgan fingerprint density at radius 1 is 1.26 bits per heavy atom. The number of sulfonamides is 1. The number of aliphatic hydroxyl groups excluding tert-OH is 1. The summed E-state index contributed by atoms with van der Waals surface area (Å²) in [6.45, 7) is 0.198. The molecule has 0 spiro atoms. The van der Waals surface area contributed by atoms with E-state index < -0.39 is 10.0 Å². The summed E-state index contributed by atoms with van der Waals surface area (Å²) in [5, 5.41) is 12.6. The van der Waals surface area contributed by atoms with Gasteiger partial charge in [0.25, 0.3) is 0 Å². The highest BCUT2D eigenvalue weighted by Gasteiger charge is 2.26. The van der Waals surface area contributed by atoms with Crippen molar-refractivity contribution < 1.29 is 13.5 Å². The fourth-order valence-electron chi connectivity index (χ4n) is 2.51. The zero-order valence-corrected chi connectivity index (χ0v) is 11.8. The fraction of sp³-hybridized carbons (Fsp3) is 0.538. The van der Waals surface area contributed by atoms with E-state index in [0.29, 0.717) is 5.92 Å². The van der Waals surface area contributed by atoms with Crippen LogP contribution in [0.4, 0.5) is 5.69 Å². The molecule has 1 aliphatic carbocycles. The van der Waals surface area contributed by atoms with E-state index >= 15 is 0 Å². The topological polar surface area (TPSA) is 78.4 Å². The third kappa shape index (κ3) is 3.26. The molecule has 0 aliphatic heterocycles. The minimum atomic E-state index is -3.38. The summed E-state index contributed by atoms with van der Waals surface area (Å²) in [6.07, 6.45) is 3.21. The molecular formula is C13H20N2O3S. The molecule has 0 bridgehead atoms. The molecule has 6 heteroatoms. The molecule has 2 rings (SSSR count). The van der Waals surface area contributed by atoms with Gasteiger partial charge in [-0.2, -0.15) is 0 Å². The van der Waals surface area contributed by atoms with E-state index in [9.17, 15) is 13.5 Å². The number of hydrogen-bond donors (Lipinski definition) is 3. The van der Waals surface area contributed by atoms with Crippen LogP contribution in [0.25, 0.3) is 0 Å². The maximum Gasteiger partial charge on any atom is 0.240 e. The third-order valence-electron chi connectivity index (χ3n) is 3.68. The number of rotatable bonds is 5. The minimum absolute atomic E-state index is 0.198. The molecule has 0 radical (unpaired) electrons. The summed E-state index contributed by atoms with van der Waals surface area (Å²) in [6, 6.07) is 6.96. The molecule has 1 fully saturated rings. The van der Waals surface area contributed by atoms with E-state index in [0.717, 1.165) is 24.9 Å². The molecular weight excluding hydrogens is 264 g/mol. The highest BCUT2D eigenvalue weighted by molar-refractivity contribution is 7.89. The Hall–Kier alpha value is -1.11. The van der Waals surface area contributed by atoms with Gasteiger partial charge in [-0.15, -0.1) is 0 Å². The van der Waals surface area contributed by atoms with E-state index in [1.54, 1.807) is 24.3 Å². The van der Waals surface area contributed by atoms with Gasteiger partial charge in [-0.25, -0.2) is 13.1 Å². The summed E-state index contributed by atoms with van der Waals surface area (Å²) in [5.41, 5.74) is 0.889. The Bertz CT molecular complexity index is 513. The van der Waals surface area contributed by atoms with Crippen LogP contribution in [-0.2, 0) is 10.0 Å². The number of anilines is 1. The fourth-order valence-corrected chi connectivity index (χ4v) is 3.24. The zero-order valence-electron chi connectivity index (χ0n) is 11.0.